The van der Waals surface area contributed by atoms with Crippen LogP contribution in [0.2, 0.25) is 0 Å². The highest BCUT2D eigenvalue weighted by Crippen LogP contribution is 2.19. The molecule has 0 saturated carbocycles. The molecule has 1 saturated heterocycles. The highest BCUT2D eigenvalue weighted by Gasteiger charge is 2.39. The van der Waals surface area contributed by atoms with E-state index in [0.717, 1.165) is 25.9 Å². The van der Waals surface area contributed by atoms with Crippen LogP contribution in [0.5, 0.6) is 0 Å². The fraction of sp³-hybridized carbons (Fsp3) is 0.833. The maximum Gasteiger partial charge on any atom is 0.407 e. The number of ether oxygens (including phenoxy) is 2. The summed E-state index contributed by atoms with van der Waals surface area (Å²) in [5, 5.41) is 2.56. The molecular formula is C12H22N2O4. The van der Waals surface area contributed by atoms with E-state index in [1.165, 1.54) is 14.2 Å². The standard InChI is InChI=1S/C12H22N2O4/c1-12(2,18-4)9(13-11(16)17-3)10(15)14-7-5-6-8-14/h9H,5-8H2,1-4H3,(H,13,16). The van der Waals surface area contributed by atoms with Crippen LogP contribution in [-0.2, 0) is 14.3 Å². The van der Waals surface area contributed by atoms with Crippen LogP contribution in [0, 0.1) is 0 Å². The molecule has 1 aliphatic heterocycles. The van der Waals surface area contributed by atoms with Crippen molar-refractivity contribution in [1.82, 2.24) is 10.2 Å². The summed E-state index contributed by atoms with van der Waals surface area (Å²) >= 11 is 0. The lowest BCUT2D eigenvalue weighted by Gasteiger charge is -2.34. The Kier molecular flexibility index (Phi) is 4.95. The Bertz CT molecular complexity index is 311. The van der Waals surface area contributed by atoms with Crippen LogP contribution < -0.4 is 5.32 Å². The molecule has 1 unspecified atom stereocenters. The van der Waals surface area contributed by atoms with E-state index < -0.39 is 17.7 Å². The van der Waals surface area contributed by atoms with Gasteiger partial charge in [-0.25, -0.2) is 4.79 Å². The largest absolute Gasteiger partial charge is 0.453 e. The summed E-state index contributed by atoms with van der Waals surface area (Å²) in [5.41, 5.74) is -0.784. The molecule has 1 rings (SSSR count). The summed E-state index contributed by atoms with van der Waals surface area (Å²) in [4.78, 5) is 25.5. The van der Waals surface area contributed by atoms with E-state index in [4.69, 9.17) is 4.74 Å². The van der Waals surface area contributed by atoms with Gasteiger partial charge in [0, 0.05) is 20.2 Å². The number of amides is 2. The molecule has 0 aromatic heterocycles. The van der Waals surface area contributed by atoms with Gasteiger partial charge in [0.15, 0.2) is 0 Å². The molecule has 18 heavy (non-hydrogen) atoms. The van der Waals surface area contributed by atoms with E-state index in [0.29, 0.717) is 0 Å². The van der Waals surface area contributed by atoms with Gasteiger partial charge >= 0.3 is 6.09 Å². The quantitative estimate of drug-likeness (QED) is 0.808. The number of nitrogens with zero attached hydrogens (tertiary/aromatic N) is 1. The number of carbonyl (C=O) groups is 2. The maximum absolute atomic E-state index is 12.4. The minimum atomic E-state index is -0.784. The predicted octanol–water partition coefficient (Wildman–Crippen LogP) is 0.758. The molecule has 0 aromatic carbocycles. The van der Waals surface area contributed by atoms with Crippen molar-refractivity contribution in [2.24, 2.45) is 0 Å². The van der Waals surface area contributed by atoms with E-state index in [-0.39, 0.29) is 5.91 Å². The number of hydrogen-bond acceptors (Lipinski definition) is 4. The molecular weight excluding hydrogens is 236 g/mol. The average molecular weight is 258 g/mol. The van der Waals surface area contributed by atoms with Gasteiger partial charge in [0.1, 0.15) is 6.04 Å². The highest BCUT2D eigenvalue weighted by atomic mass is 16.5. The molecule has 6 nitrogen and oxygen atoms in total. The first-order valence-electron chi connectivity index (χ1n) is 6.11. The summed E-state index contributed by atoms with van der Waals surface area (Å²) in [6.07, 6.45) is 1.38. The predicted molar refractivity (Wildman–Crippen MR) is 66.2 cm³/mol. The molecule has 1 fully saturated rings. The fourth-order valence-corrected chi connectivity index (χ4v) is 1.95. The minimum Gasteiger partial charge on any atom is -0.453 e. The Morgan fingerprint density at radius 1 is 1.22 bits per heavy atom. The summed E-state index contributed by atoms with van der Waals surface area (Å²) in [7, 11) is 2.79. The van der Waals surface area contributed by atoms with Crippen LogP contribution in [0.15, 0.2) is 0 Å². The first kappa shape index (κ1) is 14.8. The average Bonchev–Trinajstić information content (AvgIpc) is 2.88. The van der Waals surface area contributed by atoms with Gasteiger partial charge in [-0.05, 0) is 26.7 Å². The monoisotopic (exact) mass is 258 g/mol. The number of nitrogens with one attached hydrogen (secondary N) is 1. The molecule has 1 heterocycles. The van der Waals surface area contributed by atoms with Gasteiger partial charge in [-0.3, -0.25) is 4.79 Å². The third kappa shape index (κ3) is 3.35. The second-order valence-electron chi connectivity index (χ2n) is 4.91. The van der Waals surface area contributed by atoms with Crippen molar-refractivity contribution in [2.45, 2.75) is 38.3 Å². The van der Waals surface area contributed by atoms with Gasteiger partial charge in [-0.1, -0.05) is 0 Å². The third-order valence-corrected chi connectivity index (χ3v) is 3.33. The Balaban J connectivity index is 2.82. The Labute approximate surface area is 108 Å². The Morgan fingerprint density at radius 2 is 1.78 bits per heavy atom. The van der Waals surface area contributed by atoms with Crippen molar-refractivity contribution < 1.29 is 19.1 Å². The van der Waals surface area contributed by atoms with Crippen LogP contribution in [-0.4, -0.2) is 55.9 Å². The zero-order valence-electron chi connectivity index (χ0n) is 11.5. The molecule has 0 spiro atoms. The van der Waals surface area contributed by atoms with Crippen molar-refractivity contribution in [2.75, 3.05) is 27.3 Å². The number of carbonyl (C=O) groups excluding carboxylic acids is 2. The van der Waals surface area contributed by atoms with Crippen LogP contribution in [0.4, 0.5) is 4.79 Å². The normalized spacial score (nSPS) is 17.4. The fourth-order valence-electron chi connectivity index (χ4n) is 1.95. The molecule has 2 amide bonds. The van der Waals surface area contributed by atoms with Crippen molar-refractivity contribution in [1.29, 1.82) is 0 Å². The lowest BCUT2D eigenvalue weighted by molar-refractivity contribution is -0.139. The summed E-state index contributed by atoms with van der Waals surface area (Å²) in [6.45, 7) is 5.00. The van der Waals surface area contributed by atoms with E-state index in [1.54, 1.807) is 18.7 Å². The number of hydrogen-bond donors (Lipinski definition) is 1. The van der Waals surface area contributed by atoms with Gasteiger partial charge in [0.05, 0.1) is 12.7 Å². The Hall–Kier alpha value is -1.30. The van der Waals surface area contributed by atoms with E-state index in [2.05, 4.69) is 10.1 Å². The molecule has 0 radical (unpaired) electrons. The van der Waals surface area contributed by atoms with Gasteiger partial charge in [0.25, 0.3) is 0 Å². The van der Waals surface area contributed by atoms with E-state index in [1.807, 2.05) is 0 Å². The van der Waals surface area contributed by atoms with Crippen LogP contribution in [0.1, 0.15) is 26.7 Å². The molecule has 6 heteroatoms. The zero-order valence-corrected chi connectivity index (χ0v) is 11.5. The number of likely N-dealkylation sites (tertiary alicyclic amines) is 1. The van der Waals surface area contributed by atoms with Gasteiger partial charge in [-0.2, -0.15) is 0 Å². The number of alkyl carbamates (subject to hydrolysis) is 1. The smallest absolute Gasteiger partial charge is 0.407 e. The van der Waals surface area contributed by atoms with Crippen molar-refractivity contribution in [3.05, 3.63) is 0 Å². The molecule has 1 N–H and O–H groups in total. The van der Waals surface area contributed by atoms with Crippen molar-refractivity contribution in [3.8, 4) is 0 Å². The van der Waals surface area contributed by atoms with Gasteiger partial charge < -0.3 is 19.7 Å². The van der Waals surface area contributed by atoms with E-state index in [9.17, 15) is 9.59 Å². The lowest BCUT2D eigenvalue weighted by Crippen LogP contribution is -2.58. The minimum absolute atomic E-state index is 0.121. The second-order valence-corrected chi connectivity index (χ2v) is 4.91. The second kappa shape index (κ2) is 6.04. The molecule has 1 atom stereocenters. The molecule has 1 aliphatic rings. The summed E-state index contributed by atoms with van der Waals surface area (Å²) in [6, 6.07) is -0.743. The lowest BCUT2D eigenvalue weighted by atomic mass is 9.97. The Morgan fingerprint density at radius 3 is 2.22 bits per heavy atom. The number of methoxy groups -OCH3 is 2. The maximum atomic E-state index is 12.4. The molecule has 0 bridgehead atoms. The van der Waals surface area contributed by atoms with Gasteiger partial charge in [-0.15, -0.1) is 0 Å². The highest BCUT2D eigenvalue weighted by molar-refractivity contribution is 5.87. The summed E-state index contributed by atoms with van der Waals surface area (Å²) < 4.78 is 9.86. The van der Waals surface area contributed by atoms with Crippen LogP contribution >= 0.6 is 0 Å². The van der Waals surface area contributed by atoms with E-state index >= 15 is 0 Å². The molecule has 104 valence electrons. The van der Waals surface area contributed by atoms with Crippen LogP contribution in [0.25, 0.3) is 0 Å². The molecule has 0 aliphatic carbocycles. The van der Waals surface area contributed by atoms with Crippen molar-refractivity contribution >= 4 is 12.0 Å². The van der Waals surface area contributed by atoms with Gasteiger partial charge in [0.2, 0.25) is 5.91 Å². The number of rotatable bonds is 4. The first-order chi connectivity index (χ1) is 8.42. The topological polar surface area (TPSA) is 67.9 Å². The van der Waals surface area contributed by atoms with Crippen molar-refractivity contribution in [3.63, 3.8) is 0 Å². The SMILES string of the molecule is COC(=O)NC(C(=O)N1CCCC1)C(C)(C)OC. The first-order valence-corrected chi connectivity index (χ1v) is 6.11. The third-order valence-electron chi connectivity index (χ3n) is 3.33. The summed E-state index contributed by atoms with van der Waals surface area (Å²) in [5.74, 6) is -0.121. The zero-order chi connectivity index (χ0) is 13.8. The molecule has 0 aromatic rings. The van der Waals surface area contributed by atoms with Crippen LogP contribution in [0.3, 0.4) is 0 Å².